The summed E-state index contributed by atoms with van der Waals surface area (Å²) < 4.78 is 0. The average Bonchev–Trinajstić information content (AvgIpc) is 3.29. The van der Waals surface area contributed by atoms with E-state index < -0.39 is 5.97 Å². The Balaban J connectivity index is 1.57. The number of aromatic nitrogens is 1. The van der Waals surface area contributed by atoms with Gasteiger partial charge in [-0.25, -0.2) is 14.6 Å². The minimum atomic E-state index is -1.06. The molecule has 0 bridgehead atoms. The van der Waals surface area contributed by atoms with Crippen LogP contribution in [0.4, 0.5) is 4.79 Å². The number of pyridine rings is 1. The molecule has 0 aliphatic heterocycles. The molecule has 0 radical (unpaired) electrons. The second-order valence-electron chi connectivity index (χ2n) is 5.05. The lowest BCUT2D eigenvalue weighted by Gasteiger charge is -2.08. The van der Waals surface area contributed by atoms with Crippen molar-refractivity contribution in [2.24, 2.45) is 0 Å². The number of nitrogens with one attached hydrogen (secondary N) is 3. The van der Waals surface area contributed by atoms with E-state index in [9.17, 15) is 9.59 Å². The van der Waals surface area contributed by atoms with Crippen LogP contribution in [0.5, 0.6) is 0 Å². The third kappa shape index (κ3) is 5.78. The van der Waals surface area contributed by atoms with Crippen LogP contribution in [0.1, 0.15) is 35.3 Å². The number of hydrogen-bond donors (Lipinski definition) is 4. The number of amides is 2. The molecule has 1 aromatic heterocycles. The van der Waals surface area contributed by atoms with Gasteiger partial charge < -0.3 is 21.1 Å². The number of carbonyl (C=O) groups excluding carboxylic acids is 1. The summed E-state index contributed by atoms with van der Waals surface area (Å²) in [6.45, 7) is 1.87. The average molecular weight is 292 g/mol. The molecule has 2 amide bonds. The van der Waals surface area contributed by atoms with Crippen molar-refractivity contribution in [2.45, 2.75) is 31.8 Å². The number of rotatable bonds is 8. The summed E-state index contributed by atoms with van der Waals surface area (Å²) >= 11 is 0. The van der Waals surface area contributed by atoms with Crippen molar-refractivity contribution in [1.82, 2.24) is 20.9 Å². The number of urea groups is 1. The Morgan fingerprint density at radius 1 is 1.24 bits per heavy atom. The van der Waals surface area contributed by atoms with Gasteiger partial charge >= 0.3 is 12.0 Å². The molecule has 0 saturated heterocycles. The van der Waals surface area contributed by atoms with E-state index in [0.29, 0.717) is 19.1 Å². The van der Waals surface area contributed by atoms with Crippen LogP contribution in [-0.4, -0.2) is 41.2 Å². The molecule has 0 spiro atoms. The topological polar surface area (TPSA) is 103 Å². The molecule has 114 valence electrons. The molecule has 4 N–H and O–H groups in total. The Hall–Kier alpha value is -2.15. The van der Waals surface area contributed by atoms with Crippen LogP contribution < -0.4 is 16.0 Å². The first-order valence-corrected chi connectivity index (χ1v) is 7.08. The molecule has 1 heterocycles. The van der Waals surface area contributed by atoms with Gasteiger partial charge in [-0.3, -0.25) is 0 Å². The van der Waals surface area contributed by atoms with Crippen LogP contribution in [-0.2, 0) is 6.54 Å². The van der Waals surface area contributed by atoms with Crippen LogP contribution in [0.2, 0.25) is 0 Å². The fourth-order valence-corrected chi connectivity index (χ4v) is 1.78. The minimum Gasteiger partial charge on any atom is -0.477 e. The van der Waals surface area contributed by atoms with Crippen LogP contribution in [0.3, 0.4) is 0 Å². The first-order valence-electron chi connectivity index (χ1n) is 7.08. The van der Waals surface area contributed by atoms with Crippen molar-refractivity contribution in [3.63, 3.8) is 0 Å². The molecular weight excluding hydrogens is 272 g/mol. The molecule has 0 atom stereocenters. The molecule has 1 aliphatic carbocycles. The zero-order valence-electron chi connectivity index (χ0n) is 11.8. The molecule has 21 heavy (non-hydrogen) atoms. The summed E-state index contributed by atoms with van der Waals surface area (Å²) in [4.78, 5) is 26.0. The fourth-order valence-electron chi connectivity index (χ4n) is 1.78. The van der Waals surface area contributed by atoms with Crippen molar-refractivity contribution >= 4 is 12.0 Å². The van der Waals surface area contributed by atoms with Crippen molar-refractivity contribution in [1.29, 1.82) is 0 Å². The molecule has 1 aliphatic rings. The zero-order chi connectivity index (χ0) is 15.1. The first kappa shape index (κ1) is 15.2. The maximum Gasteiger partial charge on any atom is 0.354 e. The highest BCUT2D eigenvalue weighted by Gasteiger charge is 2.19. The van der Waals surface area contributed by atoms with E-state index in [0.717, 1.165) is 18.5 Å². The van der Waals surface area contributed by atoms with Gasteiger partial charge in [0.15, 0.2) is 0 Å². The Morgan fingerprint density at radius 3 is 2.67 bits per heavy atom. The third-order valence-corrected chi connectivity index (χ3v) is 3.15. The van der Waals surface area contributed by atoms with E-state index in [4.69, 9.17) is 5.11 Å². The molecule has 0 unspecified atom stereocenters. The lowest BCUT2D eigenvalue weighted by Crippen LogP contribution is -2.36. The second-order valence-corrected chi connectivity index (χ2v) is 5.05. The molecule has 1 aromatic rings. The normalized spacial score (nSPS) is 13.7. The van der Waals surface area contributed by atoms with Crippen molar-refractivity contribution in [2.75, 3.05) is 13.1 Å². The highest BCUT2D eigenvalue weighted by atomic mass is 16.4. The molecule has 2 rings (SSSR count). The quantitative estimate of drug-likeness (QED) is 0.529. The third-order valence-electron chi connectivity index (χ3n) is 3.15. The summed E-state index contributed by atoms with van der Waals surface area (Å²) in [6, 6.07) is 3.51. The maximum absolute atomic E-state index is 11.5. The first-order chi connectivity index (χ1) is 10.1. The zero-order valence-corrected chi connectivity index (χ0v) is 11.8. The van der Waals surface area contributed by atoms with Crippen LogP contribution >= 0.6 is 0 Å². The molecule has 7 nitrogen and oxygen atoms in total. The highest BCUT2D eigenvalue weighted by molar-refractivity contribution is 5.85. The van der Waals surface area contributed by atoms with Crippen molar-refractivity contribution < 1.29 is 14.7 Å². The molecule has 0 aromatic carbocycles. The fraction of sp³-hybridized carbons (Fsp3) is 0.500. The second kappa shape index (κ2) is 7.58. The van der Waals surface area contributed by atoms with Crippen LogP contribution in [0.25, 0.3) is 0 Å². The van der Waals surface area contributed by atoms with Gasteiger partial charge in [0, 0.05) is 25.3 Å². The monoisotopic (exact) mass is 292 g/mol. The SMILES string of the molecule is O=C(NCCCNC1CC1)NCc1ccc(C(=O)O)nc1. The summed E-state index contributed by atoms with van der Waals surface area (Å²) in [7, 11) is 0. The summed E-state index contributed by atoms with van der Waals surface area (Å²) in [6.07, 6.45) is 4.88. The van der Waals surface area contributed by atoms with E-state index in [1.54, 1.807) is 6.07 Å². The number of nitrogens with zero attached hydrogens (tertiary/aromatic N) is 1. The highest BCUT2D eigenvalue weighted by Crippen LogP contribution is 2.18. The lowest BCUT2D eigenvalue weighted by atomic mass is 10.2. The van der Waals surface area contributed by atoms with E-state index in [1.165, 1.54) is 25.1 Å². The van der Waals surface area contributed by atoms with E-state index in [2.05, 4.69) is 20.9 Å². The molecule has 7 heteroatoms. The molecule has 1 fully saturated rings. The van der Waals surface area contributed by atoms with E-state index in [1.807, 2.05) is 0 Å². The van der Waals surface area contributed by atoms with Crippen molar-refractivity contribution in [3.8, 4) is 0 Å². The van der Waals surface area contributed by atoms with Gasteiger partial charge in [-0.05, 0) is 37.4 Å². The predicted molar refractivity (Wildman–Crippen MR) is 77.1 cm³/mol. The Morgan fingerprint density at radius 2 is 2.05 bits per heavy atom. The smallest absolute Gasteiger partial charge is 0.354 e. The van der Waals surface area contributed by atoms with Crippen LogP contribution in [0.15, 0.2) is 18.3 Å². The maximum atomic E-state index is 11.5. The van der Waals surface area contributed by atoms with E-state index >= 15 is 0 Å². The van der Waals surface area contributed by atoms with E-state index in [-0.39, 0.29) is 11.7 Å². The molecular formula is C14H20N4O3. The number of carbonyl (C=O) groups is 2. The number of carboxylic acid groups (broad SMARTS) is 1. The predicted octanol–water partition coefficient (Wildman–Crippen LogP) is 0.721. The van der Waals surface area contributed by atoms with Crippen molar-refractivity contribution in [3.05, 3.63) is 29.6 Å². The summed E-state index contributed by atoms with van der Waals surface area (Å²) in [5.41, 5.74) is 0.747. The van der Waals surface area contributed by atoms with Gasteiger partial charge in [-0.2, -0.15) is 0 Å². The van der Waals surface area contributed by atoms with Gasteiger partial charge in [0.1, 0.15) is 5.69 Å². The number of aromatic carboxylic acids is 1. The lowest BCUT2D eigenvalue weighted by molar-refractivity contribution is 0.0690. The summed E-state index contributed by atoms with van der Waals surface area (Å²) in [5, 5.41) is 17.6. The number of hydrogen-bond acceptors (Lipinski definition) is 4. The minimum absolute atomic E-state index is 0.00800. The number of carboxylic acids is 1. The largest absolute Gasteiger partial charge is 0.477 e. The Labute approximate surface area is 123 Å². The van der Waals surface area contributed by atoms with Crippen LogP contribution in [0, 0.1) is 0 Å². The van der Waals surface area contributed by atoms with Gasteiger partial charge in [0.05, 0.1) is 0 Å². The Bertz CT molecular complexity index is 485. The van der Waals surface area contributed by atoms with Gasteiger partial charge in [0.25, 0.3) is 0 Å². The molecule has 1 saturated carbocycles. The van der Waals surface area contributed by atoms with Gasteiger partial charge in [-0.1, -0.05) is 6.07 Å². The van der Waals surface area contributed by atoms with Gasteiger partial charge in [0.2, 0.25) is 0 Å². The standard InChI is InChI=1S/C14H20N4O3/c19-13(20)12-5-2-10(8-17-12)9-18-14(21)16-7-1-6-15-11-3-4-11/h2,5,8,11,15H,1,3-4,6-7,9H2,(H,19,20)(H2,16,18,21). The summed E-state index contributed by atoms with van der Waals surface area (Å²) in [5.74, 6) is -1.06. The Kier molecular flexibility index (Phi) is 5.51. The van der Waals surface area contributed by atoms with Gasteiger partial charge in [-0.15, -0.1) is 0 Å².